The fourth-order valence-corrected chi connectivity index (χ4v) is 3.01. The molecule has 0 spiro atoms. The summed E-state index contributed by atoms with van der Waals surface area (Å²) in [5.74, 6) is 6.75. The summed E-state index contributed by atoms with van der Waals surface area (Å²) in [5, 5.41) is 0. The second-order valence-corrected chi connectivity index (χ2v) is 5.26. The summed E-state index contributed by atoms with van der Waals surface area (Å²) in [5.41, 5.74) is 4.13. The molecule has 114 valence electrons. The topological polar surface area (TPSA) is 50.5 Å². The van der Waals surface area contributed by atoms with Gasteiger partial charge in [-0.3, -0.25) is 16.2 Å². The first-order chi connectivity index (χ1) is 9.57. The van der Waals surface area contributed by atoms with Crippen LogP contribution in [0.3, 0.4) is 0 Å². The zero-order valence-electron chi connectivity index (χ0n) is 13.4. The minimum absolute atomic E-state index is 0.0371. The van der Waals surface area contributed by atoms with Crippen molar-refractivity contribution < 1.29 is 4.74 Å². The molecule has 0 aromatic heterocycles. The Kier molecular flexibility index (Phi) is 6.46. The Morgan fingerprint density at radius 1 is 1.30 bits per heavy atom. The molecule has 20 heavy (non-hydrogen) atoms. The molecule has 0 aliphatic heterocycles. The van der Waals surface area contributed by atoms with Gasteiger partial charge in [0, 0.05) is 5.54 Å². The van der Waals surface area contributed by atoms with E-state index < -0.39 is 0 Å². The maximum Gasteiger partial charge on any atom is 0.119 e. The molecule has 0 fully saturated rings. The van der Waals surface area contributed by atoms with Crippen molar-refractivity contribution >= 4 is 0 Å². The highest BCUT2D eigenvalue weighted by Crippen LogP contribution is 2.34. The van der Waals surface area contributed by atoms with Crippen LogP contribution in [-0.4, -0.2) is 30.6 Å². The van der Waals surface area contributed by atoms with Crippen LogP contribution < -0.4 is 16.0 Å². The number of hydrogen-bond donors (Lipinski definition) is 2. The predicted molar refractivity (Wildman–Crippen MR) is 84.7 cm³/mol. The number of ether oxygens (including phenoxy) is 1. The van der Waals surface area contributed by atoms with Crippen LogP contribution in [0.1, 0.15) is 45.7 Å². The molecule has 0 aliphatic carbocycles. The second kappa shape index (κ2) is 7.62. The highest BCUT2D eigenvalue weighted by molar-refractivity contribution is 5.32. The molecule has 1 aromatic carbocycles. The van der Waals surface area contributed by atoms with E-state index in [1.54, 1.807) is 7.11 Å². The summed E-state index contributed by atoms with van der Waals surface area (Å²) in [6, 6.07) is 8.18. The fourth-order valence-electron chi connectivity index (χ4n) is 3.01. The van der Waals surface area contributed by atoms with E-state index in [4.69, 9.17) is 10.6 Å². The molecule has 0 aliphatic rings. The average molecular weight is 279 g/mol. The standard InChI is InChI=1S/C16H29N3O/c1-6-16(4,19(7-2)8-3)15(18-17)13-10-9-11-14(12-13)20-5/h9-12,15,18H,6-8,17H2,1-5H3. The first-order valence-corrected chi connectivity index (χ1v) is 7.42. The van der Waals surface area contributed by atoms with Crippen LogP contribution in [0.15, 0.2) is 24.3 Å². The van der Waals surface area contributed by atoms with Gasteiger partial charge in [0.1, 0.15) is 5.75 Å². The van der Waals surface area contributed by atoms with Gasteiger partial charge in [-0.15, -0.1) is 0 Å². The molecule has 2 unspecified atom stereocenters. The third-order valence-electron chi connectivity index (χ3n) is 4.42. The number of hydrogen-bond acceptors (Lipinski definition) is 4. The Bertz CT molecular complexity index is 406. The number of benzene rings is 1. The molecule has 3 N–H and O–H groups in total. The Morgan fingerprint density at radius 3 is 2.40 bits per heavy atom. The normalized spacial score (nSPS) is 15.9. The van der Waals surface area contributed by atoms with E-state index in [0.29, 0.717) is 0 Å². The van der Waals surface area contributed by atoms with Crippen LogP contribution in [0.2, 0.25) is 0 Å². The molecule has 0 bridgehead atoms. The zero-order valence-corrected chi connectivity index (χ0v) is 13.4. The van der Waals surface area contributed by atoms with Crippen molar-refractivity contribution in [3.05, 3.63) is 29.8 Å². The summed E-state index contributed by atoms with van der Waals surface area (Å²) in [6.07, 6.45) is 1.01. The maximum atomic E-state index is 5.89. The van der Waals surface area contributed by atoms with Crippen LogP contribution in [0, 0.1) is 0 Å². The second-order valence-electron chi connectivity index (χ2n) is 5.26. The van der Waals surface area contributed by atoms with Gasteiger partial charge in [0.05, 0.1) is 13.2 Å². The number of rotatable bonds is 8. The highest BCUT2D eigenvalue weighted by atomic mass is 16.5. The van der Waals surface area contributed by atoms with Crippen molar-refractivity contribution in [1.29, 1.82) is 0 Å². The van der Waals surface area contributed by atoms with Crippen molar-refractivity contribution in [3.63, 3.8) is 0 Å². The van der Waals surface area contributed by atoms with Crippen molar-refractivity contribution in [1.82, 2.24) is 10.3 Å². The van der Waals surface area contributed by atoms with E-state index in [1.165, 1.54) is 0 Å². The lowest BCUT2D eigenvalue weighted by Gasteiger charge is -2.45. The van der Waals surface area contributed by atoms with E-state index in [9.17, 15) is 0 Å². The third kappa shape index (κ3) is 3.32. The molecule has 4 heteroatoms. The molecule has 0 heterocycles. The Morgan fingerprint density at radius 2 is 1.95 bits per heavy atom. The highest BCUT2D eigenvalue weighted by Gasteiger charge is 2.37. The molecule has 0 amide bonds. The molecule has 2 atom stereocenters. The molecular weight excluding hydrogens is 250 g/mol. The molecular formula is C16H29N3O. The lowest BCUT2D eigenvalue weighted by Crippen LogP contribution is -2.55. The Balaban J connectivity index is 3.19. The molecule has 1 rings (SSSR count). The third-order valence-corrected chi connectivity index (χ3v) is 4.42. The minimum atomic E-state index is -0.0371. The predicted octanol–water partition coefficient (Wildman–Crippen LogP) is 2.71. The lowest BCUT2D eigenvalue weighted by atomic mass is 9.83. The summed E-state index contributed by atoms with van der Waals surface area (Å²) < 4.78 is 5.33. The van der Waals surface area contributed by atoms with E-state index in [2.05, 4.69) is 50.2 Å². The van der Waals surface area contributed by atoms with Crippen LogP contribution in [0.5, 0.6) is 5.75 Å². The molecule has 0 saturated carbocycles. The Hall–Kier alpha value is -1.10. The van der Waals surface area contributed by atoms with Gasteiger partial charge in [-0.1, -0.05) is 32.9 Å². The van der Waals surface area contributed by atoms with E-state index in [1.807, 2.05) is 12.1 Å². The van der Waals surface area contributed by atoms with Crippen LogP contribution in [0.4, 0.5) is 0 Å². The monoisotopic (exact) mass is 279 g/mol. The quantitative estimate of drug-likeness (QED) is 0.567. The fraction of sp³-hybridized carbons (Fsp3) is 0.625. The minimum Gasteiger partial charge on any atom is -0.497 e. The first kappa shape index (κ1) is 17.0. The van der Waals surface area contributed by atoms with Gasteiger partial charge in [0.2, 0.25) is 0 Å². The number of nitrogens with one attached hydrogen (secondary N) is 1. The summed E-state index contributed by atoms with van der Waals surface area (Å²) in [4.78, 5) is 2.46. The first-order valence-electron chi connectivity index (χ1n) is 7.42. The molecule has 0 saturated heterocycles. The average Bonchev–Trinajstić information content (AvgIpc) is 2.49. The van der Waals surface area contributed by atoms with Crippen LogP contribution >= 0.6 is 0 Å². The maximum absolute atomic E-state index is 5.89. The zero-order chi connectivity index (χ0) is 15.2. The smallest absolute Gasteiger partial charge is 0.119 e. The van der Waals surface area contributed by atoms with E-state index in [-0.39, 0.29) is 11.6 Å². The van der Waals surface area contributed by atoms with Crippen molar-refractivity contribution in [2.75, 3.05) is 20.2 Å². The number of methoxy groups -OCH3 is 1. The van der Waals surface area contributed by atoms with E-state index >= 15 is 0 Å². The summed E-state index contributed by atoms with van der Waals surface area (Å²) in [7, 11) is 1.69. The van der Waals surface area contributed by atoms with Crippen molar-refractivity contribution in [3.8, 4) is 5.75 Å². The molecule has 4 nitrogen and oxygen atoms in total. The van der Waals surface area contributed by atoms with Crippen LogP contribution in [-0.2, 0) is 0 Å². The SMILES string of the molecule is CCN(CC)C(C)(CC)C(NN)c1cccc(OC)c1. The van der Waals surface area contributed by atoms with Crippen molar-refractivity contribution in [2.45, 2.75) is 45.7 Å². The summed E-state index contributed by atoms with van der Waals surface area (Å²) in [6.45, 7) is 10.9. The number of nitrogens with zero attached hydrogens (tertiary/aromatic N) is 1. The van der Waals surface area contributed by atoms with Gasteiger partial charge in [0.15, 0.2) is 0 Å². The molecule has 0 radical (unpaired) electrons. The van der Waals surface area contributed by atoms with Gasteiger partial charge in [0.25, 0.3) is 0 Å². The van der Waals surface area contributed by atoms with Gasteiger partial charge in [-0.2, -0.15) is 0 Å². The van der Waals surface area contributed by atoms with Gasteiger partial charge < -0.3 is 4.74 Å². The van der Waals surface area contributed by atoms with Crippen LogP contribution in [0.25, 0.3) is 0 Å². The largest absolute Gasteiger partial charge is 0.497 e. The Labute approximate surface area is 123 Å². The van der Waals surface area contributed by atoms with Gasteiger partial charge in [-0.25, -0.2) is 0 Å². The number of hydrazine groups is 1. The molecule has 1 aromatic rings. The van der Waals surface area contributed by atoms with Gasteiger partial charge >= 0.3 is 0 Å². The van der Waals surface area contributed by atoms with Crippen molar-refractivity contribution in [2.24, 2.45) is 5.84 Å². The van der Waals surface area contributed by atoms with Gasteiger partial charge in [-0.05, 0) is 44.1 Å². The number of nitrogens with two attached hydrogens (primary N) is 1. The lowest BCUT2D eigenvalue weighted by molar-refractivity contribution is 0.0698. The summed E-state index contributed by atoms with van der Waals surface area (Å²) >= 11 is 0. The van der Waals surface area contributed by atoms with E-state index in [0.717, 1.165) is 30.8 Å². The number of likely N-dealkylation sites (N-methyl/N-ethyl adjacent to an activating group) is 1.